The maximum atomic E-state index is 7.97. The second-order valence-corrected chi connectivity index (χ2v) is 7.34. The normalized spacial score (nSPS) is 10.0. The number of hydrogen-bond donors (Lipinski definition) is 1. The maximum Gasteiger partial charge on any atom is 0.0708 e. The molecule has 0 aliphatic heterocycles. The van der Waals surface area contributed by atoms with E-state index in [0.29, 0.717) is 5.71 Å². The molecule has 0 atom stereocenters. The van der Waals surface area contributed by atoms with E-state index in [2.05, 4.69) is 43.5 Å². The van der Waals surface area contributed by atoms with E-state index in [1.54, 1.807) is 0 Å². The summed E-state index contributed by atoms with van der Waals surface area (Å²) in [4.78, 5) is 8.53. The van der Waals surface area contributed by atoms with Crippen molar-refractivity contribution in [1.29, 1.82) is 5.41 Å². The summed E-state index contributed by atoms with van der Waals surface area (Å²) in [5, 5.41) is 7.97. The average Bonchev–Trinajstić information content (AvgIpc) is 2.81. The van der Waals surface area contributed by atoms with Gasteiger partial charge in [-0.1, -0.05) is 72.8 Å². The van der Waals surface area contributed by atoms with Crippen molar-refractivity contribution >= 4 is 18.1 Å². The standard InChI is InChI=1S/C15H16N2.C13H11N/c1-10-9-11(2)15(16-4)12(3)14(10)13-7-5-6-8-17-13;14-13(11-7-3-1-4-8-11)12-9-5-2-6-10-12/h5-9H,4H2,1-3H3;1-10,14H. The largest absolute Gasteiger partial charge is 0.300 e. The van der Waals surface area contributed by atoms with Gasteiger partial charge in [0, 0.05) is 11.8 Å². The summed E-state index contributed by atoms with van der Waals surface area (Å²) < 4.78 is 0. The first-order chi connectivity index (χ1) is 15.0. The number of pyridine rings is 1. The van der Waals surface area contributed by atoms with Crippen LogP contribution in [0.5, 0.6) is 0 Å². The Morgan fingerprint density at radius 3 is 1.81 bits per heavy atom. The third-order valence-corrected chi connectivity index (χ3v) is 5.14. The highest BCUT2D eigenvalue weighted by atomic mass is 14.7. The van der Waals surface area contributed by atoms with Crippen molar-refractivity contribution in [2.75, 3.05) is 0 Å². The Labute approximate surface area is 184 Å². The van der Waals surface area contributed by atoms with Crippen molar-refractivity contribution in [1.82, 2.24) is 4.98 Å². The van der Waals surface area contributed by atoms with Crippen LogP contribution in [0.25, 0.3) is 11.3 Å². The molecular formula is C28H27N3. The predicted octanol–water partition coefficient (Wildman–Crippen LogP) is 7.11. The lowest BCUT2D eigenvalue weighted by Gasteiger charge is -2.13. The minimum Gasteiger partial charge on any atom is -0.300 e. The second kappa shape index (κ2) is 10.3. The number of nitrogens with zero attached hydrogens (tertiary/aromatic N) is 2. The van der Waals surface area contributed by atoms with E-state index in [9.17, 15) is 0 Å². The molecule has 1 heterocycles. The lowest BCUT2D eigenvalue weighted by molar-refractivity contribution is 1.25. The Kier molecular flexibility index (Phi) is 7.23. The van der Waals surface area contributed by atoms with Gasteiger partial charge in [0.25, 0.3) is 0 Å². The maximum absolute atomic E-state index is 7.97. The SMILES string of the molecule is C=Nc1c(C)cc(C)c(-c2ccccn2)c1C.N=C(c1ccccc1)c1ccccc1. The highest BCUT2D eigenvalue weighted by Gasteiger charge is 2.12. The molecule has 0 saturated heterocycles. The molecule has 3 heteroatoms. The first-order valence-corrected chi connectivity index (χ1v) is 10.2. The molecule has 1 aromatic heterocycles. The van der Waals surface area contributed by atoms with E-state index in [4.69, 9.17) is 5.41 Å². The molecule has 0 amide bonds. The van der Waals surface area contributed by atoms with E-state index in [1.807, 2.05) is 85.1 Å². The van der Waals surface area contributed by atoms with Crippen molar-refractivity contribution in [3.63, 3.8) is 0 Å². The van der Waals surface area contributed by atoms with Gasteiger partial charge in [-0.15, -0.1) is 0 Å². The highest BCUT2D eigenvalue weighted by molar-refractivity contribution is 6.10. The summed E-state index contributed by atoms with van der Waals surface area (Å²) in [5.41, 5.74) is 9.16. The van der Waals surface area contributed by atoms with Crippen LogP contribution < -0.4 is 0 Å². The van der Waals surface area contributed by atoms with Crippen molar-refractivity contribution in [3.05, 3.63) is 119 Å². The molecule has 0 radical (unpaired) electrons. The predicted molar refractivity (Wildman–Crippen MR) is 132 cm³/mol. The zero-order valence-corrected chi connectivity index (χ0v) is 18.3. The van der Waals surface area contributed by atoms with Gasteiger partial charge in [0.2, 0.25) is 0 Å². The van der Waals surface area contributed by atoms with Crippen LogP contribution in [0.3, 0.4) is 0 Å². The molecular weight excluding hydrogens is 378 g/mol. The molecule has 0 saturated carbocycles. The molecule has 0 fully saturated rings. The molecule has 1 N–H and O–H groups in total. The Morgan fingerprint density at radius 2 is 1.32 bits per heavy atom. The smallest absolute Gasteiger partial charge is 0.0708 e. The summed E-state index contributed by atoms with van der Waals surface area (Å²) in [6.07, 6.45) is 1.81. The summed E-state index contributed by atoms with van der Waals surface area (Å²) in [6, 6.07) is 27.6. The molecule has 0 spiro atoms. The van der Waals surface area contributed by atoms with Crippen molar-refractivity contribution in [3.8, 4) is 11.3 Å². The number of rotatable bonds is 4. The third kappa shape index (κ3) is 5.20. The Bertz CT molecular complexity index is 1120. The van der Waals surface area contributed by atoms with Gasteiger partial charge in [-0.05, 0) is 67.4 Å². The van der Waals surface area contributed by atoms with Crippen LogP contribution in [-0.4, -0.2) is 17.4 Å². The molecule has 4 aromatic rings. The molecule has 0 unspecified atom stereocenters. The summed E-state index contributed by atoms with van der Waals surface area (Å²) >= 11 is 0. The fraction of sp³-hybridized carbons (Fsp3) is 0.107. The van der Waals surface area contributed by atoms with Crippen molar-refractivity contribution in [2.45, 2.75) is 20.8 Å². The number of aromatic nitrogens is 1. The Morgan fingerprint density at radius 1 is 0.774 bits per heavy atom. The summed E-state index contributed by atoms with van der Waals surface area (Å²) in [6.45, 7) is 9.89. The Balaban J connectivity index is 0.000000179. The highest BCUT2D eigenvalue weighted by Crippen LogP contribution is 2.34. The molecule has 0 aliphatic carbocycles. The number of nitrogens with one attached hydrogen (secondary N) is 1. The minimum absolute atomic E-state index is 0.575. The lowest BCUT2D eigenvalue weighted by atomic mass is 9.95. The van der Waals surface area contributed by atoms with E-state index < -0.39 is 0 Å². The zero-order valence-electron chi connectivity index (χ0n) is 18.3. The summed E-state index contributed by atoms with van der Waals surface area (Å²) in [7, 11) is 0. The molecule has 3 aromatic carbocycles. The van der Waals surface area contributed by atoms with Crippen LogP contribution in [0.2, 0.25) is 0 Å². The molecule has 4 rings (SSSR count). The van der Waals surface area contributed by atoms with Gasteiger partial charge >= 0.3 is 0 Å². The second-order valence-electron chi connectivity index (χ2n) is 7.34. The van der Waals surface area contributed by atoms with E-state index in [-0.39, 0.29) is 0 Å². The van der Waals surface area contributed by atoms with E-state index in [1.165, 1.54) is 11.1 Å². The number of aryl methyl sites for hydroxylation is 2. The average molecular weight is 406 g/mol. The van der Waals surface area contributed by atoms with Crippen LogP contribution in [-0.2, 0) is 0 Å². The van der Waals surface area contributed by atoms with Gasteiger partial charge in [0.05, 0.1) is 17.1 Å². The number of benzene rings is 3. The number of aliphatic imine (C=N–C) groups is 1. The van der Waals surface area contributed by atoms with Gasteiger partial charge < -0.3 is 0 Å². The monoisotopic (exact) mass is 405 g/mol. The molecule has 3 nitrogen and oxygen atoms in total. The molecule has 0 bridgehead atoms. The van der Waals surface area contributed by atoms with Gasteiger partial charge in [-0.2, -0.15) is 0 Å². The van der Waals surface area contributed by atoms with Crippen LogP contribution in [0.15, 0.2) is 96.1 Å². The minimum atomic E-state index is 0.575. The lowest BCUT2D eigenvalue weighted by Crippen LogP contribution is -1.99. The molecule has 154 valence electrons. The van der Waals surface area contributed by atoms with Gasteiger partial charge in [0.15, 0.2) is 0 Å². The van der Waals surface area contributed by atoms with Gasteiger partial charge in [0.1, 0.15) is 0 Å². The Hall–Kier alpha value is -3.85. The fourth-order valence-electron chi connectivity index (χ4n) is 3.70. The summed E-state index contributed by atoms with van der Waals surface area (Å²) in [5.74, 6) is 0. The first kappa shape index (κ1) is 21.8. The van der Waals surface area contributed by atoms with Gasteiger partial charge in [-0.25, -0.2) is 0 Å². The zero-order chi connectivity index (χ0) is 22.2. The first-order valence-electron chi connectivity index (χ1n) is 10.2. The van der Waals surface area contributed by atoms with E-state index in [0.717, 1.165) is 33.6 Å². The number of hydrogen-bond acceptors (Lipinski definition) is 3. The third-order valence-electron chi connectivity index (χ3n) is 5.14. The fourth-order valence-corrected chi connectivity index (χ4v) is 3.70. The quantitative estimate of drug-likeness (QED) is 0.361. The topological polar surface area (TPSA) is 49.1 Å². The molecule has 31 heavy (non-hydrogen) atoms. The van der Waals surface area contributed by atoms with Crippen LogP contribution in [0.4, 0.5) is 5.69 Å². The van der Waals surface area contributed by atoms with Crippen LogP contribution in [0, 0.1) is 26.2 Å². The molecule has 0 aliphatic rings. The van der Waals surface area contributed by atoms with Crippen LogP contribution >= 0.6 is 0 Å². The van der Waals surface area contributed by atoms with Gasteiger partial charge in [-0.3, -0.25) is 15.4 Å². The van der Waals surface area contributed by atoms with Crippen LogP contribution in [0.1, 0.15) is 27.8 Å². The van der Waals surface area contributed by atoms with E-state index >= 15 is 0 Å². The van der Waals surface area contributed by atoms with Crippen molar-refractivity contribution in [2.24, 2.45) is 4.99 Å². The van der Waals surface area contributed by atoms with Crippen molar-refractivity contribution < 1.29 is 0 Å².